The van der Waals surface area contributed by atoms with E-state index in [0.717, 1.165) is 31.5 Å². The van der Waals surface area contributed by atoms with Crippen LogP contribution in [0.4, 0.5) is 4.39 Å². The van der Waals surface area contributed by atoms with Crippen LogP contribution in [-0.2, 0) is 4.79 Å². The number of halogens is 1. The van der Waals surface area contributed by atoms with Gasteiger partial charge in [0.15, 0.2) is 0 Å². The number of amides is 1. The summed E-state index contributed by atoms with van der Waals surface area (Å²) >= 11 is 0. The van der Waals surface area contributed by atoms with E-state index in [-0.39, 0.29) is 29.7 Å². The van der Waals surface area contributed by atoms with Crippen molar-refractivity contribution >= 4 is 5.91 Å². The van der Waals surface area contributed by atoms with Crippen molar-refractivity contribution in [1.82, 2.24) is 15.8 Å². The average molecular weight is 320 g/mol. The van der Waals surface area contributed by atoms with Gasteiger partial charge in [0.25, 0.3) is 0 Å². The molecule has 126 valence electrons. The number of hydrogen-bond acceptors (Lipinski definition) is 4. The summed E-state index contributed by atoms with van der Waals surface area (Å²) in [5, 5.41) is 0. The average Bonchev–Trinajstić information content (AvgIpc) is 3.04. The van der Waals surface area contributed by atoms with Gasteiger partial charge in [0, 0.05) is 25.7 Å². The molecule has 2 heterocycles. The van der Waals surface area contributed by atoms with Crippen molar-refractivity contribution in [3.05, 3.63) is 35.6 Å². The summed E-state index contributed by atoms with van der Waals surface area (Å²) in [5.41, 5.74) is 13.2. The Morgan fingerprint density at radius 3 is 2.83 bits per heavy atom. The summed E-state index contributed by atoms with van der Waals surface area (Å²) in [5.74, 6) is 0.0900. The Hall–Kier alpha value is -1.50. The lowest BCUT2D eigenvalue weighted by atomic mass is 9.89. The highest BCUT2D eigenvalue weighted by Crippen LogP contribution is 2.29. The number of hydrazine groups is 1. The molecule has 1 aromatic carbocycles. The molecule has 6 heteroatoms. The van der Waals surface area contributed by atoms with E-state index in [1.54, 1.807) is 12.1 Å². The number of benzene rings is 1. The largest absolute Gasteiger partial charge is 0.342 e. The van der Waals surface area contributed by atoms with Crippen molar-refractivity contribution in [2.45, 2.75) is 31.8 Å². The maximum absolute atomic E-state index is 13.1. The Labute approximate surface area is 136 Å². The number of nitrogens with zero attached hydrogens (tertiary/aromatic N) is 1. The molecule has 0 radical (unpaired) electrons. The molecule has 2 aliphatic rings. The molecule has 1 amide bonds. The molecule has 5 nitrogen and oxygen atoms in total. The van der Waals surface area contributed by atoms with E-state index in [4.69, 9.17) is 5.73 Å². The summed E-state index contributed by atoms with van der Waals surface area (Å²) in [6.07, 6.45) is 2.09. The molecular weight excluding hydrogens is 295 g/mol. The van der Waals surface area contributed by atoms with Crippen LogP contribution in [0.25, 0.3) is 0 Å². The van der Waals surface area contributed by atoms with Gasteiger partial charge < -0.3 is 10.6 Å². The molecule has 4 N–H and O–H groups in total. The van der Waals surface area contributed by atoms with Crippen molar-refractivity contribution in [2.75, 3.05) is 19.6 Å². The van der Waals surface area contributed by atoms with Crippen molar-refractivity contribution in [1.29, 1.82) is 0 Å². The SMILES string of the molecule is CC(N)C1CCCN(C(=O)C2CNNC2c2ccc(F)cc2)C1. The van der Waals surface area contributed by atoms with Crippen LogP contribution in [-0.4, -0.2) is 36.5 Å². The second kappa shape index (κ2) is 6.95. The fraction of sp³-hybridized carbons (Fsp3) is 0.588. The smallest absolute Gasteiger partial charge is 0.229 e. The number of nitrogens with one attached hydrogen (secondary N) is 2. The lowest BCUT2D eigenvalue weighted by Gasteiger charge is -2.36. The van der Waals surface area contributed by atoms with E-state index >= 15 is 0 Å². The highest BCUT2D eigenvalue weighted by Gasteiger charge is 2.38. The Morgan fingerprint density at radius 1 is 1.39 bits per heavy atom. The quantitative estimate of drug-likeness (QED) is 0.782. The maximum atomic E-state index is 13.1. The summed E-state index contributed by atoms with van der Waals surface area (Å²) in [7, 11) is 0. The predicted molar refractivity (Wildman–Crippen MR) is 86.7 cm³/mol. The van der Waals surface area contributed by atoms with E-state index < -0.39 is 0 Å². The molecule has 0 bridgehead atoms. The van der Waals surface area contributed by atoms with Gasteiger partial charge in [0.2, 0.25) is 5.91 Å². The van der Waals surface area contributed by atoms with Crippen molar-refractivity contribution in [2.24, 2.45) is 17.6 Å². The highest BCUT2D eigenvalue weighted by molar-refractivity contribution is 5.80. The zero-order valence-electron chi connectivity index (χ0n) is 13.5. The molecule has 4 unspecified atom stereocenters. The summed E-state index contributed by atoms with van der Waals surface area (Å²) in [6, 6.07) is 6.33. The van der Waals surface area contributed by atoms with Gasteiger partial charge in [-0.25, -0.2) is 9.82 Å². The van der Waals surface area contributed by atoms with Gasteiger partial charge in [0.1, 0.15) is 5.82 Å². The molecule has 0 aromatic heterocycles. The Balaban J connectivity index is 1.71. The molecule has 0 saturated carbocycles. The number of piperidine rings is 1. The van der Waals surface area contributed by atoms with Gasteiger partial charge >= 0.3 is 0 Å². The zero-order chi connectivity index (χ0) is 16.4. The van der Waals surface area contributed by atoms with Gasteiger partial charge in [0.05, 0.1) is 12.0 Å². The molecule has 2 aliphatic heterocycles. The Morgan fingerprint density at radius 2 is 2.13 bits per heavy atom. The van der Waals surface area contributed by atoms with Crippen molar-refractivity contribution in [3.8, 4) is 0 Å². The van der Waals surface area contributed by atoms with Crippen LogP contribution in [0.5, 0.6) is 0 Å². The van der Waals surface area contributed by atoms with Gasteiger partial charge in [-0.2, -0.15) is 0 Å². The number of nitrogens with two attached hydrogens (primary N) is 1. The first-order chi connectivity index (χ1) is 11.1. The molecule has 0 aliphatic carbocycles. The molecular formula is C17H25FN4O. The number of likely N-dealkylation sites (tertiary alicyclic amines) is 1. The van der Waals surface area contributed by atoms with Gasteiger partial charge in [-0.05, 0) is 43.4 Å². The van der Waals surface area contributed by atoms with Crippen LogP contribution in [0.3, 0.4) is 0 Å². The first kappa shape index (κ1) is 16.4. The summed E-state index contributed by atoms with van der Waals surface area (Å²) in [4.78, 5) is 14.9. The van der Waals surface area contributed by atoms with Gasteiger partial charge in [-0.3, -0.25) is 10.2 Å². The van der Waals surface area contributed by atoms with Crippen molar-refractivity contribution in [3.63, 3.8) is 0 Å². The lowest BCUT2D eigenvalue weighted by molar-refractivity contribution is -0.137. The third-order valence-electron chi connectivity index (χ3n) is 5.04. The molecule has 2 fully saturated rings. The van der Waals surface area contributed by atoms with Crippen LogP contribution < -0.4 is 16.6 Å². The van der Waals surface area contributed by atoms with E-state index in [2.05, 4.69) is 10.9 Å². The van der Waals surface area contributed by atoms with Gasteiger partial charge in [-0.1, -0.05) is 12.1 Å². The minimum absolute atomic E-state index is 0.110. The van der Waals surface area contributed by atoms with Crippen LogP contribution in [0, 0.1) is 17.7 Å². The summed E-state index contributed by atoms with van der Waals surface area (Å²) < 4.78 is 13.1. The van der Waals surface area contributed by atoms with Crippen molar-refractivity contribution < 1.29 is 9.18 Å². The van der Waals surface area contributed by atoms with E-state index in [1.165, 1.54) is 12.1 Å². The lowest BCUT2D eigenvalue weighted by Crippen LogP contribution is -2.48. The Kier molecular flexibility index (Phi) is 4.94. The van der Waals surface area contributed by atoms with E-state index in [9.17, 15) is 9.18 Å². The fourth-order valence-electron chi connectivity index (χ4n) is 3.59. The second-order valence-electron chi connectivity index (χ2n) is 6.71. The summed E-state index contributed by atoms with van der Waals surface area (Å²) in [6.45, 7) is 4.14. The Bertz CT molecular complexity index is 548. The van der Waals surface area contributed by atoms with E-state index in [0.29, 0.717) is 12.5 Å². The molecule has 0 spiro atoms. The topological polar surface area (TPSA) is 70.4 Å². The third kappa shape index (κ3) is 3.54. The number of carbonyl (C=O) groups excluding carboxylic acids is 1. The maximum Gasteiger partial charge on any atom is 0.229 e. The molecule has 3 rings (SSSR count). The van der Waals surface area contributed by atoms with Crippen LogP contribution in [0.1, 0.15) is 31.4 Å². The predicted octanol–water partition coefficient (Wildman–Crippen LogP) is 1.18. The standard InChI is InChI=1S/C17H25FN4O/c1-11(19)13-3-2-8-22(10-13)17(23)15-9-20-21-16(15)12-4-6-14(18)7-5-12/h4-7,11,13,15-16,20-21H,2-3,8-10,19H2,1H3. The first-order valence-corrected chi connectivity index (χ1v) is 8.34. The molecule has 23 heavy (non-hydrogen) atoms. The van der Waals surface area contributed by atoms with Crippen LogP contribution >= 0.6 is 0 Å². The number of rotatable bonds is 3. The zero-order valence-corrected chi connectivity index (χ0v) is 13.5. The van der Waals surface area contributed by atoms with Crippen LogP contribution in [0.15, 0.2) is 24.3 Å². The second-order valence-corrected chi connectivity index (χ2v) is 6.71. The monoisotopic (exact) mass is 320 g/mol. The minimum atomic E-state index is -0.265. The number of hydrogen-bond donors (Lipinski definition) is 3. The normalized spacial score (nSPS) is 29.5. The number of carbonyl (C=O) groups is 1. The minimum Gasteiger partial charge on any atom is -0.342 e. The highest BCUT2D eigenvalue weighted by atomic mass is 19.1. The van der Waals surface area contributed by atoms with Gasteiger partial charge in [-0.15, -0.1) is 0 Å². The molecule has 2 saturated heterocycles. The molecule has 4 atom stereocenters. The third-order valence-corrected chi connectivity index (χ3v) is 5.04. The fourth-order valence-corrected chi connectivity index (χ4v) is 3.59. The van der Waals surface area contributed by atoms with Crippen LogP contribution in [0.2, 0.25) is 0 Å². The molecule has 1 aromatic rings. The first-order valence-electron chi connectivity index (χ1n) is 8.34. The van der Waals surface area contributed by atoms with E-state index in [1.807, 2.05) is 11.8 Å².